The van der Waals surface area contributed by atoms with E-state index in [9.17, 15) is 14.7 Å². The number of unbranched alkanes of at least 4 members (excludes halogenated alkanes) is 3. The molecule has 1 atom stereocenters. The molecule has 0 radical (unpaired) electrons. The maximum atomic E-state index is 12.2. The molecule has 172 valence electrons. The van der Waals surface area contributed by atoms with Crippen LogP contribution >= 0.6 is 0 Å². The molecular formula is C25H33N3O4. The zero-order valence-corrected chi connectivity index (χ0v) is 18.3. The van der Waals surface area contributed by atoms with Crippen LogP contribution in [0.5, 0.6) is 0 Å². The quantitative estimate of drug-likeness (QED) is 0.208. The molecule has 0 unspecified atom stereocenters. The number of anilines is 1. The highest BCUT2D eigenvalue weighted by atomic mass is 16.5. The summed E-state index contributed by atoms with van der Waals surface area (Å²) in [5.41, 5.74) is 5.14. The number of carboxylic acids is 1. The number of hydroxylamine groups is 1. The molecule has 0 saturated heterocycles. The predicted molar refractivity (Wildman–Crippen MR) is 125 cm³/mol. The fourth-order valence-electron chi connectivity index (χ4n) is 3.42. The summed E-state index contributed by atoms with van der Waals surface area (Å²) in [6, 6.07) is 16.0. The lowest BCUT2D eigenvalue weighted by atomic mass is 10.1. The summed E-state index contributed by atoms with van der Waals surface area (Å²) in [7, 11) is 0. The Morgan fingerprint density at radius 3 is 2.34 bits per heavy atom. The van der Waals surface area contributed by atoms with Gasteiger partial charge >= 0.3 is 5.97 Å². The van der Waals surface area contributed by atoms with Crippen molar-refractivity contribution in [1.29, 1.82) is 0 Å². The molecule has 7 heteroatoms. The largest absolute Gasteiger partial charge is 0.480 e. The molecule has 0 bridgehead atoms. The topological polar surface area (TPSA) is 111 Å². The van der Waals surface area contributed by atoms with E-state index in [-0.39, 0.29) is 5.91 Å². The number of aliphatic carboxylic acids is 1. The summed E-state index contributed by atoms with van der Waals surface area (Å²) in [4.78, 5) is 23.8. The van der Waals surface area contributed by atoms with Crippen LogP contribution in [0.25, 0.3) is 0 Å². The van der Waals surface area contributed by atoms with E-state index in [1.807, 2.05) is 47.9 Å². The Kier molecular flexibility index (Phi) is 11.0. The average molecular weight is 440 g/mol. The number of hydrogen-bond acceptors (Lipinski definition) is 5. The maximum absolute atomic E-state index is 12.2. The first-order valence-corrected chi connectivity index (χ1v) is 11.0. The van der Waals surface area contributed by atoms with Crippen LogP contribution in [0.1, 0.15) is 55.7 Å². The molecule has 1 amide bonds. The Morgan fingerprint density at radius 2 is 1.66 bits per heavy atom. The van der Waals surface area contributed by atoms with Gasteiger partial charge in [0.25, 0.3) is 0 Å². The van der Waals surface area contributed by atoms with E-state index in [4.69, 9.17) is 5.21 Å². The third-order valence-electron chi connectivity index (χ3n) is 5.14. The summed E-state index contributed by atoms with van der Waals surface area (Å²) in [5, 5.41) is 24.2. The first-order chi connectivity index (χ1) is 15.5. The van der Waals surface area contributed by atoms with Gasteiger partial charge in [-0.15, -0.1) is 0 Å². The Bertz CT molecular complexity index is 871. The molecule has 32 heavy (non-hydrogen) atoms. The Labute approximate surface area is 189 Å². The van der Waals surface area contributed by atoms with Crippen LogP contribution in [-0.4, -0.2) is 28.7 Å². The van der Waals surface area contributed by atoms with E-state index in [0.717, 1.165) is 48.9 Å². The van der Waals surface area contributed by atoms with Gasteiger partial charge in [-0.1, -0.05) is 61.9 Å². The molecular weight excluding hydrogens is 406 g/mol. The fourth-order valence-corrected chi connectivity index (χ4v) is 3.42. The monoisotopic (exact) mass is 439 g/mol. The molecule has 7 nitrogen and oxygen atoms in total. The third-order valence-corrected chi connectivity index (χ3v) is 5.14. The van der Waals surface area contributed by atoms with Crippen molar-refractivity contribution in [3.05, 3.63) is 78.0 Å². The number of nitrogens with one attached hydrogen (secondary N) is 3. The fraction of sp³-hybridized carbons (Fsp3) is 0.360. The number of carbonyl (C=O) groups excluding carboxylic acids is 1. The van der Waals surface area contributed by atoms with E-state index in [1.54, 1.807) is 12.1 Å². The summed E-state index contributed by atoms with van der Waals surface area (Å²) < 4.78 is 0. The number of rotatable bonds is 15. The molecule has 0 aromatic heterocycles. The molecule has 2 aromatic rings. The highest BCUT2D eigenvalue weighted by molar-refractivity contribution is 5.90. The van der Waals surface area contributed by atoms with Crippen molar-refractivity contribution in [3.8, 4) is 0 Å². The number of carbonyl (C=O) groups is 2. The minimum atomic E-state index is -0.910. The zero-order valence-electron chi connectivity index (χ0n) is 18.3. The minimum Gasteiger partial charge on any atom is -0.480 e. The van der Waals surface area contributed by atoms with Gasteiger partial charge in [0.2, 0.25) is 5.91 Å². The van der Waals surface area contributed by atoms with Crippen LogP contribution in [0.2, 0.25) is 0 Å². The Balaban J connectivity index is 1.73. The van der Waals surface area contributed by atoms with Crippen LogP contribution in [0.3, 0.4) is 0 Å². The van der Waals surface area contributed by atoms with E-state index in [1.165, 1.54) is 0 Å². The first kappa shape index (κ1) is 25.1. The van der Waals surface area contributed by atoms with E-state index >= 15 is 0 Å². The van der Waals surface area contributed by atoms with E-state index in [0.29, 0.717) is 25.1 Å². The van der Waals surface area contributed by atoms with Gasteiger partial charge in [-0.25, -0.2) is 0 Å². The van der Waals surface area contributed by atoms with Crippen molar-refractivity contribution in [3.63, 3.8) is 0 Å². The van der Waals surface area contributed by atoms with Gasteiger partial charge < -0.3 is 15.7 Å². The summed E-state index contributed by atoms with van der Waals surface area (Å²) in [6.07, 6.45) is 5.50. The molecule has 0 heterocycles. The van der Waals surface area contributed by atoms with E-state index in [2.05, 4.69) is 17.2 Å². The van der Waals surface area contributed by atoms with Crippen molar-refractivity contribution in [1.82, 2.24) is 10.8 Å². The molecule has 2 rings (SSSR count). The molecule has 5 N–H and O–H groups in total. The molecule has 0 saturated carbocycles. The first-order valence-electron chi connectivity index (χ1n) is 11.0. The number of hydrogen-bond donors (Lipinski definition) is 5. The maximum Gasteiger partial charge on any atom is 0.325 e. The van der Waals surface area contributed by atoms with Gasteiger partial charge in [0, 0.05) is 24.4 Å². The van der Waals surface area contributed by atoms with Gasteiger partial charge in [0.1, 0.15) is 6.04 Å². The molecule has 2 aromatic carbocycles. The molecule has 0 spiro atoms. The van der Waals surface area contributed by atoms with Crippen molar-refractivity contribution in [2.75, 3.05) is 11.9 Å². The number of amides is 1. The predicted octanol–water partition coefficient (Wildman–Crippen LogP) is 4.42. The van der Waals surface area contributed by atoms with Gasteiger partial charge in [-0.3, -0.25) is 20.3 Å². The summed E-state index contributed by atoms with van der Waals surface area (Å²) >= 11 is 0. The second-order valence-electron chi connectivity index (χ2n) is 7.76. The zero-order chi connectivity index (χ0) is 23.2. The molecule has 0 aliphatic heterocycles. The highest BCUT2D eigenvalue weighted by Crippen LogP contribution is 2.15. The highest BCUT2D eigenvalue weighted by Gasteiger charge is 2.18. The number of benzene rings is 2. The lowest BCUT2D eigenvalue weighted by Gasteiger charge is -2.15. The van der Waals surface area contributed by atoms with E-state index < -0.39 is 12.0 Å². The molecule has 0 aliphatic carbocycles. The van der Waals surface area contributed by atoms with Crippen molar-refractivity contribution < 1.29 is 19.9 Å². The second-order valence-corrected chi connectivity index (χ2v) is 7.76. The Hall–Kier alpha value is -3.16. The standard InChI is InChI=1S/C25H33N3O4/c1-19(28-32)10-5-2-3-8-15-23(29)27-22-14-9-11-20(18-22)16-17-26-24(25(30)31)21-12-6-4-7-13-21/h4,6-7,9,11-14,18,24,26,28,32H,1-3,5,8,10,15-17H2,(H,27,29)(H,30,31)/t24-/m0/s1. The van der Waals surface area contributed by atoms with Crippen LogP contribution in [0.15, 0.2) is 66.9 Å². The van der Waals surface area contributed by atoms with Crippen molar-refractivity contribution in [2.45, 2.75) is 51.0 Å². The third kappa shape index (κ3) is 9.32. The van der Waals surface area contributed by atoms with Crippen LogP contribution < -0.4 is 16.1 Å². The molecule has 0 aliphatic rings. The van der Waals surface area contributed by atoms with Crippen LogP contribution in [0.4, 0.5) is 5.69 Å². The minimum absolute atomic E-state index is 0.0169. The lowest BCUT2D eigenvalue weighted by Crippen LogP contribution is -2.30. The van der Waals surface area contributed by atoms with Gasteiger partial charge in [0.15, 0.2) is 0 Å². The summed E-state index contributed by atoms with van der Waals surface area (Å²) in [5.74, 6) is -0.927. The molecule has 0 fully saturated rings. The number of carboxylic acid groups (broad SMARTS) is 1. The van der Waals surface area contributed by atoms with Gasteiger partial charge in [0.05, 0.1) is 0 Å². The van der Waals surface area contributed by atoms with Crippen LogP contribution in [0, 0.1) is 0 Å². The normalized spacial score (nSPS) is 11.5. The lowest BCUT2D eigenvalue weighted by molar-refractivity contribution is -0.139. The Morgan fingerprint density at radius 1 is 0.938 bits per heavy atom. The second kappa shape index (κ2) is 14.0. The number of allylic oxidation sites excluding steroid dienone is 1. The van der Waals surface area contributed by atoms with Crippen LogP contribution in [-0.2, 0) is 16.0 Å². The SMILES string of the molecule is C=C(CCCCCCC(=O)Nc1cccc(CCN[C@H](C(=O)O)c2ccccc2)c1)NO. The van der Waals surface area contributed by atoms with Gasteiger partial charge in [-0.2, -0.15) is 0 Å². The van der Waals surface area contributed by atoms with Crippen molar-refractivity contribution >= 4 is 17.6 Å². The summed E-state index contributed by atoms with van der Waals surface area (Å²) in [6.45, 7) is 4.17. The van der Waals surface area contributed by atoms with Crippen molar-refractivity contribution in [2.24, 2.45) is 0 Å². The average Bonchev–Trinajstić information content (AvgIpc) is 2.79. The smallest absolute Gasteiger partial charge is 0.325 e. The van der Waals surface area contributed by atoms with Gasteiger partial charge in [-0.05, 0) is 48.9 Å².